The van der Waals surface area contributed by atoms with Crippen LogP contribution in [0.25, 0.3) is 16.4 Å². The number of aromatic amines is 1. The average molecular weight is 467 g/mol. The van der Waals surface area contributed by atoms with Gasteiger partial charge in [0.1, 0.15) is 23.7 Å². The molecule has 0 radical (unpaired) electrons. The summed E-state index contributed by atoms with van der Waals surface area (Å²) in [5.74, 6) is 0.231. The first-order valence-corrected chi connectivity index (χ1v) is 11.2. The molecule has 176 valence electrons. The summed E-state index contributed by atoms with van der Waals surface area (Å²) >= 11 is 0. The maximum Gasteiger partial charge on any atom is 0.272 e. The van der Waals surface area contributed by atoms with Crippen LogP contribution in [-0.2, 0) is 0 Å². The fraction of sp³-hybridized carbons (Fsp3) is 0.333. The molecular formula is C24H23F2N5O3. The summed E-state index contributed by atoms with van der Waals surface area (Å²) in [6.07, 6.45) is 3.73. The minimum atomic E-state index is -2.56. The van der Waals surface area contributed by atoms with E-state index in [-0.39, 0.29) is 29.2 Å². The van der Waals surface area contributed by atoms with Crippen LogP contribution in [-0.4, -0.2) is 44.6 Å². The molecule has 1 amide bonds. The van der Waals surface area contributed by atoms with Crippen molar-refractivity contribution in [1.29, 1.82) is 0 Å². The van der Waals surface area contributed by atoms with E-state index in [1.54, 1.807) is 16.7 Å². The third-order valence-electron chi connectivity index (χ3n) is 6.27. The number of nitrogens with zero attached hydrogens (tertiary/aromatic N) is 3. The van der Waals surface area contributed by atoms with Crippen LogP contribution in [0, 0.1) is 0 Å². The maximum absolute atomic E-state index is 12.9. The lowest BCUT2D eigenvalue weighted by Crippen LogP contribution is -2.38. The van der Waals surface area contributed by atoms with E-state index in [4.69, 9.17) is 4.74 Å². The third kappa shape index (κ3) is 4.35. The summed E-state index contributed by atoms with van der Waals surface area (Å²) in [6.45, 7) is -0.697. The molecule has 1 aliphatic rings. The molecule has 2 N–H and O–H groups in total. The molecule has 4 aromatic rings. The van der Waals surface area contributed by atoms with Crippen LogP contribution in [0.5, 0.6) is 5.75 Å². The predicted molar refractivity (Wildman–Crippen MR) is 122 cm³/mol. The number of amides is 1. The summed E-state index contributed by atoms with van der Waals surface area (Å²) < 4.78 is 31.3. The fourth-order valence-electron chi connectivity index (χ4n) is 4.60. The average Bonchev–Trinajstić information content (AvgIpc) is 3.27. The van der Waals surface area contributed by atoms with Gasteiger partial charge in [-0.15, -0.1) is 0 Å². The lowest BCUT2D eigenvalue weighted by molar-refractivity contribution is 0.0819. The molecule has 1 aromatic carbocycles. The van der Waals surface area contributed by atoms with Crippen LogP contribution in [0.4, 0.5) is 8.78 Å². The number of pyridine rings is 1. The molecule has 0 bridgehead atoms. The minimum absolute atomic E-state index is 0.0111. The van der Waals surface area contributed by atoms with E-state index in [1.807, 2.05) is 18.2 Å². The Bertz CT molecular complexity index is 1390. The number of carbonyl (C=O) groups is 1. The smallest absolute Gasteiger partial charge is 0.272 e. The highest BCUT2D eigenvalue weighted by Gasteiger charge is 2.27. The summed E-state index contributed by atoms with van der Waals surface area (Å²) in [4.78, 5) is 29.2. The molecule has 3 heterocycles. The first kappa shape index (κ1) is 22.0. The Kier molecular flexibility index (Phi) is 5.95. The quantitative estimate of drug-likeness (QED) is 0.451. The van der Waals surface area contributed by atoms with E-state index in [0.717, 1.165) is 36.8 Å². The van der Waals surface area contributed by atoms with Crippen LogP contribution in [0.3, 0.4) is 0 Å². The summed E-state index contributed by atoms with van der Waals surface area (Å²) in [5, 5.41) is 11.5. The van der Waals surface area contributed by atoms with Crippen LogP contribution in [0.15, 0.2) is 53.6 Å². The number of halogens is 2. The first-order valence-electron chi connectivity index (χ1n) is 11.2. The van der Waals surface area contributed by atoms with Crippen LogP contribution >= 0.6 is 0 Å². The Hall–Kier alpha value is -3.82. The fourth-order valence-corrected chi connectivity index (χ4v) is 4.60. The summed E-state index contributed by atoms with van der Waals surface area (Å²) in [7, 11) is 0. The van der Waals surface area contributed by atoms with Gasteiger partial charge in [0.15, 0.2) is 0 Å². The van der Waals surface area contributed by atoms with Gasteiger partial charge in [-0.2, -0.15) is 5.10 Å². The second kappa shape index (κ2) is 9.20. The highest BCUT2D eigenvalue weighted by molar-refractivity contribution is 5.93. The van der Waals surface area contributed by atoms with E-state index in [1.165, 1.54) is 18.3 Å². The Morgan fingerprint density at radius 3 is 2.71 bits per heavy atom. The van der Waals surface area contributed by atoms with Gasteiger partial charge in [-0.05, 0) is 37.8 Å². The molecule has 8 nitrogen and oxygen atoms in total. The lowest BCUT2D eigenvalue weighted by Gasteiger charge is -2.29. The molecule has 1 aliphatic carbocycles. The van der Waals surface area contributed by atoms with Gasteiger partial charge in [0.2, 0.25) is 0 Å². The molecule has 0 unspecified atom stereocenters. The highest BCUT2D eigenvalue weighted by Crippen LogP contribution is 2.34. The number of nitrogens with one attached hydrogen (secondary N) is 2. The molecular weight excluding hydrogens is 444 g/mol. The van der Waals surface area contributed by atoms with Crippen molar-refractivity contribution in [2.24, 2.45) is 0 Å². The number of hydrogen-bond donors (Lipinski definition) is 2. The maximum atomic E-state index is 12.9. The van der Waals surface area contributed by atoms with E-state index in [0.29, 0.717) is 16.7 Å². The number of H-pyrrole nitrogens is 1. The first-order chi connectivity index (χ1) is 16.5. The van der Waals surface area contributed by atoms with E-state index < -0.39 is 13.0 Å². The molecule has 1 saturated carbocycles. The van der Waals surface area contributed by atoms with Crippen molar-refractivity contribution in [2.75, 3.05) is 6.61 Å². The number of imidazole rings is 1. The standard InChI is InChI=1S/C24H23F2N5O3/c25-20(26)13-34-16-9-10-31-19(12-27-21(31)11-16)24(33)28-15-7-5-14(6-8-15)22-17-3-1-2-4-18(17)23(32)30-29-22/h1-4,9-12,14-15,20H,5-8,13H2,(H,28,33)(H,30,32). The molecule has 0 saturated heterocycles. The molecule has 5 rings (SSSR count). The van der Waals surface area contributed by atoms with Gasteiger partial charge in [0, 0.05) is 29.6 Å². The van der Waals surface area contributed by atoms with Crippen molar-refractivity contribution >= 4 is 22.3 Å². The molecule has 3 aromatic heterocycles. The zero-order valence-corrected chi connectivity index (χ0v) is 18.2. The lowest BCUT2D eigenvalue weighted by atomic mass is 9.82. The largest absolute Gasteiger partial charge is 0.487 e. The van der Waals surface area contributed by atoms with E-state index in [2.05, 4.69) is 20.5 Å². The normalized spacial score (nSPS) is 18.4. The molecule has 0 aliphatic heterocycles. The number of ether oxygens (including phenoxy) is 1. The SMILES string of the molecule is O=C(NC1CCC(c2n[nH]c(=O)c3ccccc23)CC1)c1cnc2cc(OCC(F)F)ccn12. The van der Waals surface area contributed by atoms with Gasteiger partial charge in [-0.3, -0.25) is 14.0 Å². The van der Waals surface area contributed by atoms with Crippen LogP contribution < -0.4 is 15.6 Å². The monoisotopic (exact) mass is 467 g/mol. The molecule has 1 fully saturated rings. The van der Waals surface area contributed by atoms with E-state index >= 15 is 0 Å². The van der Waals surface area contributed by atoms with Crippen molar-refractivity contribution in [1.82, 2.24) is 24.9 Å². The molecule has 0 atom stereocenters. The van der Waals surface area contributed by atoms with Gasteiger partial charge in [-0.1, -0.05) is 18.2 Å². The number of benzene rings is 1. The number of fused-ring (bicyclic) bond motifs is 2. The van der Waals surface area contributed by atoms with Crippen molar-refractivity contribution in [2.45, 2.75) is 44.1 Å². The molecule has 0 spiro atoms. The minimum Gasteiger partial charge on any atom is -0.487 e. The Balaban J connectivity index is 1.24. The van der Waals surface area contributed by atoms with Gasteiger partial charge in [-0.25, -0.2) is 18.9 Å². The van der Waals surface area contributed by atoms with E-state index in [9.17, 15) is 18.4 Å². The van der Waals surface area contributed by atoms with Crippen molar-refractivity contribution in [3.05, 3.63) is 70.5 Å². The second-order valence-electron chi connectivity index (χ2n) is 8.44. The Morgan fingerprint density at radius 1 is 1.18 bits per heavy atom. The summed E-state index contributed by atoms with van der Waals surface area (Å²) in [5.41, 5.74) is 1.51. The van der Waals surface area contributed by atoms with Crippen LogP contribution in [0.1, 0.15) is 47.8 Å². The van der Waals surface area contributed by atoms with Gasteiger partial charge in [0.25, 0.3) is 17.9 Å². The number of alkyl halides is 2. The van der Waals surface area contributed by atoms with Crippen LogP contribution in [0.2, 0.25) is 0 Å². The number of carbonyl (C=O) groups excluding carboxylic acids is 1. The number of aromatic nitrogens is 4. The van der Waals surface area contributed by atoms with Crippen molar-refractivity contribution in [3.63, 3.8) is 0 Å². The third-order valence-corrected chi connectivity index (χ3v) is 6.27. The van der Waals surface area contributed by atoms with Gasteiger partial charge >= 0.3 is 0 Å². The van der Waals surface area contributed by atoms with Crippen molar-refractivity contribution in [3.8, 4) is 5.75 Å². The van der Waals surface area contributed by atoms with Crippen molar-refractivity contribution < 1.29 is 18.3 Å². The highest BCUT2D eigenvalue weighted by atomic mass is 19.3. The molecule has 10 heteroatoms. The van der Waals surface area contributed by atoms with Gasteiger partial charge in [0.05, 0.1) is 17.3 Å². The molecule has 34 heavy (non-hydrogen) atoms. The second-order valence-corrected chi connectivity index (χ2v) is 8.44. The zero-order valence-electron chi connectivity index (χ0n) is 18.2. The number of hydrogen-bond acceptors (Lipinski definition) is 5. The predicted octanol–water partition coefficient (Wildman–Crippen LogP) is 3.67. The topological polar surface area (TPSA) is 101 Å². The van der Waals surface area contributed by atoms with Gasteiger partial charge < -0.3 is 10.1 Å². The Morgan fingerprint density at radius 2 is 1.94 bits per heavy atom. The zero-order chi connectivity index (χ0) is 23.7. The number of rotatable bonds is 6. The Labute approximate surface area is 193 Å². The summed E-state index contributed by atoms with van der Waals surface area (Å²) in [6, 6.07) is 10.5.